The second-order valence-electron chi connectivity index (χ2n) is 6.84. The second-order valence-corrected chi connectivity index (χ2v) is 6.84. The number of aliphatic hydroxyl groups is 2. The summed E-state index contributed by atoms with van der Waals surface area (Å²) in [6.45, 7) is 2.25. The number of hydrogen-bond acceptors (Lipinski definition) is 2. The molecule has 0 heterocycles. The van der Waals surface area contributed by atoms with Crippen LogP contribution in [0.4, 0.5) is 0 Å². The SMILES string of the molecule is CCCCCCCCCC[C@H](O)CC[C@@H](O)Cc1ccccc1. The topological polar surface area (TPSA) is 40.5 Å². The lowest BCUT2D eigenvalue weighted by Crippen LogP contribution is -2.15. The molecule has 0 radical (unpaired) electrons. The minimum absolute atomic E-state index is 0.250. The minimum Gasteiger partial charge on any atom is -0.393 e. The van der Waals surface area contributed by atoms with Crippen LogP contribution in [0.1, 0.15) is 83.1 Å². The largest absolute Gasteiger partial charge is 0.393 e. The highest BCUT2D eigenvalue weighted by molar-refractivity contribution is 5.15. The maximum absolute atomic E-state index is 10.1. The van der Waals surface area contributed by atoms with Crippen LogP contribution in [0.25, 0.3) is 0 Å². The van der Waals surface area contributed by atoms with Gasteiger partial charge < -0.3 is 10.2 Å². The van der Waals surface area contributed by atoms with Crippen molar-refractivity contribution in [3.05, 3.63) is 35.9 Å². The van der Waals surface area contributed by atoms with Crippen molar-refractivity contribution in [1.82, 2.24) is 0 Å². The van der Waals surface area contributed by atoms with Gasteiger partial charge >= 0.3 is 0 Å². The van der Waals surface area contributed by atoms with E-state index >= 15 is 0 Å². The fourth-order valence-electron chi connectivity index (χ4n) is 3.03. The van der Waals surface area contributed by atoms with E-state index in [4.69, 9.17) is 0 Å². The zero-order valence-electron chi connectivity index (χ0n) is 14.9. The zero-order valence-corrected chi connectivity index (χ0v) is 14.9. The van der Waals surface area contributed by atoms with Crippen LogP contribution in [0, 0.1) is 0 Å². The number of hydrogen-bond donors (Lipinski definition) is 2. The predicted octanol–water partition coefficient (Wildman–Crippen LogP) is 5.26. The average Bonchev–Trinajstić information content (AvgIpc) is 2.56. The maximum atomic E-state index is 10.1. The summed E-state index contributed by atoms with van der Waals surface area (Å²) in [5.74, 6) is 0. The van der Waals surface area contributed by atoms with E-state index in [2.05, 4.69) is 6.92 Å². The minimum atomic E-state index is -0.342. The highest BCUT2D eigenvalue weighted by atomic mass is 16.3. The molecule has 2 atom stereocenters. The lowest BCUT2D eigenvalue weighted by molar-refractivity contribution is 0.107. The molecule has 132 valence electrons. The highest BCUT2D eigenvalue weighted by Crippen LogP contribution is 2.14. The van der Waals surface area contributed by atoms with Crippen molar-refractivity contribution in [1.29, 1.82) is 0 Å². The van der Waals surface area contributed by atoms with Gasteiger partial charge in [-0.3, -0.25) is 0 Å². The Morgan fingerprint density at radius 1 is 0.696 bits per heavy atom. The third kappa shape index (κ3) is 11.3. The van der Waals surface area contributed by atoms with Crippen LogP contribution in [0.2, 0.25) is 0 Å². The molecule has 0 aliphatic carbocycles. The Hall–Kier alpha value is -0.860. The van der Waals surface area contributed by atoms with Crippen LogP contribution in [-0.2, 0) is 6.42 Å². The molecule has 0 bridgehead atoms. The van der Waals surface area contributed by atoms with Crippen molar-refractivity contribution in [2.75, 3.05) is 0 Å². The van der Waals surface area contributed by atoms with Crippen molar-refractivity contribution >= 4 is 0 Å². The molecule has 0 aromatic heterocycles. The Morgan fingerprint density at radius 2 is 1.26 bits per heavy atom. The molecule has 0 saturated heterocycles. The summed E-state index contributed by atoms with van der Waals surface area (Å²) in [5, 5.41) is 20.1. The van der Waals surface area contributed by atoms with E-state index in [-0.39, 0.29) is 12.2 Å². The van der Waals surface area contributed by atoms with E-state index in [0.29, 0.717) is 19.3 Å². The van der Waals surface area contributed by atoms with Crippen molar-refractivity contribution in [3.63, 3.8) is 0 Å². The van der Waals surface area contributed by atoms with Gasteiger partial charge in [0.1, 0.15) is 0 Å². The molecular formula is C21H36O2. The first-order chi connectivity index (χ1) is 11.2. The first-order valence-electron chi connectivity index (χ1n) is 9.62. The summed E-state index contributed by atoms with van der Waals surface area (Å²) < 4.78 is 0. The molecule has 1 rings (SSSR count). The van der Waals surface area contributed by atoms with Gasteiger partial charge in [0.05, 0.1) is 12.2 Å². The molecule has 2 nitrogen and oxygen atoms in total. The normalized spacial score (nSPS) is 13.9. The molecule has 1 aromatic carbocycles. The van der Waals surface area contributed by atoms with Gasteiger partial charge in [0.2, 0.25) is 0 Å². The van der Waals surface area contributed by atoms with Crippen molar-refractivity contribution < 1.29 is 10.2 Å². The van der Waals surface area contributed by atoms with Crippen molar-refractivity contribution in [3.8, 4) is 0 Å². The lowest BCUT2D eigenvalue weighted by Gasteiger charge is -2.14. The second kappa shape index (κ2) is 13.6. The maximum Gasteiger partial charge on any atom is 0.0581 e. The van der Waals surface area contributed by atoms with E-state index in [0.717, 1.165) is 18.4 Å². The van der Waals surface area contributed by atoms with Gasteiger partial charge in [-0.15, -0.1) is 0 Å². The number of aliphatic hydroxyl groups excluding tert-OH is 2. The molecule has 0 amide bonds. The van der Waals surface area contributed by atoms with E-state index in [9.17, 15) is 10.2 Å². The fourth-order valence-corrected chi connectivity index (χ4v) is 3.03. The smallest absolute Gasteiger partial charge is 0.0581 e. The predicted molar refractivity (Wildman–Crippen MR) is 98.6 cm³/mol. The van der Waals surface area contributed by atoms with Crippen LogP contribution < -0.4 is 0 Å². The Bertz CT molecular complexity index is 363. The van der Waals surface area contributed by atoms with Gasteiger partial charge in [-0.1, -0.05) is 88.6 Å². The monoisotopic (exact) mass is 320 g/mol. The molecule has 0 fully saturated rings. The summed E-state index contributed by atoms with van der Waals surface area (Å²) in [6, 6.07) is 10.1. The van der Waals surface area contributed by atoms with E-state index in [1.54, 1.807) is 0 Å². The van der Waals surface area contributed by atoms with E-state index in [1.807, 2.05) is 30.3 Å². The average molecular weight is 321 g/mol. The molecule has 0 spiro atoms. The Kier molecular flexibility index (Phi) is 11.9. The van der Waals surface area contributed by atoms with Gasteiger partial charge in [0, 0.05) is 0 Å². The van der Waals surface area contributed by atoms with Crippen LogP contribution in [-0.4, -0.2) is 22.4 Å². The van der Waals surface area contributed by atoms with Crippen LogP contribution >= 0.6 is 0 Å². The summed E-state index contributed by atoms with van der Waals surface area (Å²) in [6.07, 6.45) is 12.8. The van der Waals surface area contributed by atoms with Crippen LogP contribution in [0.5, 0.6) is 0 Å². The van der Waals surface area contributed by atoms with E-state index in [1.165, 1.54) is 44.9 Å². The van der Waals surface area contributed by atoms with Crippen LogP contribution in [0.3, 0.4) is 0 Å². The Morgan fingerprint density at radius 3 is 1.91 bits per heavy atom. The first kappa shape index (κ1) is 20.2. The third-order valence-electron chi connectivity index (χ3n) is 4.54. The van der Waals surface area contributed by atoms with Crippen molar-refractivity contribution in [2.45, 2.75) is 96.2 Å². The molecule has 1 aromatic rings. The molecule has 2 heteroatoms. The zero-order chi connectivity index (χ0) is 16.8. The lowest BCUT2D eigenvalue weighted by atomic mass is 9.99. The first-order valence-corrected chi connectivity index (χ1v) is 9.62. The molecule has 0 saturated carbocycles. The van der Waals surface area contributed by atoms with Gasteiger partial charge in [0.25, 0.3) is 0 Å². The Balaban J connectivity index is 1.96. The number of benzene rings is 1. The van der Waals surface area contributed by atoms with Gasteiger partial charge in [0.15, 0.2) is 0 Å². The summed E-state index contributed by atoms with van der Waals surface area (Å²) in [4.78, 5) is 0. The summed E-state index contributed by atoms with van der Waals surface area (Å²) in [5.41, 5.74) is 1.16. The van der Waals surface area contributed by atoms with Gasteiger partial charge in [-0.2, -0.15) is 0 Å². The highest BCUT2D eigenvalue weighted by Gasteiger charge is 2.10. The molecule has 0 aliphatic rings. The summed E-state index contributed by atoms with van der Waals surface area (Å²) >= 11 is 0. The molecule has 23 heavy (non-hydrogen) atoms. The summed E-state index contributed by atoms with van der Waals surface area (Å²) in [7, 11) is 0. The molecule has 2 N–H and O–H groups in total. The van der Waals surface area contributed by atoms with Crippen LogP contribution in [0.15, 0.2) is 30.3 Å². The fraction of sp³-hybridized carbons (Fsp3) is 0.714. The molecule has 0 aliphatic heterocycles. The number of rotatable bonds is 14. The Labute approximate surface area is 142 Å². The third-order valence-corrected chi connectivity index (χ3v) is 4.54. The molecule has 0 unspecified atom stereocenters. The van der Waals surface area contributed by atoms with Crippen molar-refractivity contribution in [2.24, 2.45) is 0 Å². The molecular weight excluding hydrogens is 284 g/mol. The van der Waals surface area contributed by atoms with Gasteiger partial charge in [-0.25, -0.2) is 0 Å². The van der Waals surface area contributed by atoms with E-state index < -0.39 is 0 Å². The number of unbranched alkanes of at least 4 members (excludes halogenated alkanes) is 7. The van der Waals surface area contributed by atoms with Gasteiger partial charge in [-0.05, 0) is 31.2 Å². The quantitative estimate of drug-likeness (QED) is 0.459. The standard InChI is InChI=1S/C21H36O2/c1-2-3-4-5-6-7-8-12-15-20(22)16-17-21(23)18-19-13-10-9-11-14-19/h9-11,13-14,20-23H,2-8,12,15-18H2,1H3/t20-,21+/m0/s1.